The van der Waals surface area contributed by atoms with Gasteiger partial charge in [0.05, 0.1) is 11.6 Å². The van der Waals surface area contributed by atoms with Crippen LogP contribution in [0, 0.1) is 0 Å². The first-order valence-electron chi connectivity index (χ1n) is 5.37. The number of alkyl carbamates (subject to hydrolysis) is 1. The smallest absolute Gasteiger partial charge is 0.416 e. The number of carbonyl (C=O) groups excluding carboxylic acids is 1. The number of amides is 1. The Hall–Kier alpha value is -1.72. The van der Waals surface area contributed by atoms with Crippen molar-refractivity contribution in [3.05, 3.63) is 35.4 Å². The summed E-state index contributed by atoms with van der Waals surface area (Å²) in [5, 5.41) is 2.58. The second-order valence-electron chi connectivity index (χ2n) is 4.69. The van der Waals surface area contributed by atoms with Gasteiger partial charge in [-0.2, -0.15) is 13.2 Å². The van der Waals surface area contributed by atoms with Gasteiger partial charge in [-0.05, 0) is 31.5 Å². The quantitative estimate of drug-likeness (QED) is 0.840. The Kier molecular flexibility index (Phi) is 2.76. The minimum absolute atomic E-state index is 0.452. The van der Waals surface area contributed by atoms with Crippen molar-refractivity contribution in [1.29, 1.82) is 0 Å². The summed E-state index contributed by atoms with van der Waals surface area (Å²) in [6.07, 6.45) is -4.92. The minimum Gasteiger partial charge on any atom is -0.441 e. The predicted octanol–water partition coefficient (Wildman–Crippen LogP) is 3.26. The van der Waals surface area contributed by atoms with Crippen LogP contribution in [0.4, 0.5) is 18.0 Å². The second kappa shape index (κ2) is 3.90. The molecule has 1 saturated heterocycles. The van der Waals surface area contributed by atoms with Crippen LogP contribution in [0.2, 0.25) is 0 Å². The Labute approximate surface area is 102 Å². The zero-order valence-electron chi connectivity index (χ0n) is 9.84. The van der Waals surface area contributed by atoms with Crippen LogP contribution in [0.25, 0.3) is 0 Å². The first-order valence-corrected chi connectivity index (χ1v) is 5.37. The molecule has 0 aliphatic carbocycles. The van der Waals surface area contributed by atoms with Crippen LogP contribution in [-0.4, -0.2) is 11.7 Å². The normalized spacial score (nSPS) is 22.5. The van der Waals surface area contributed by atoms with Gasteiger partial charge in [0.15, 0.2) is 0 Å². The Morgan fingerprint density at radius 2 is 1.78 bits per heavy atom. The van der Waals surface area contributed by atoms with E-state index in [9.17, 15) is 18.0 Å². The Bertz CT molecular complexity index is 465. The van der Waals surface area contributed by atoms with Gasteiger partial charge in [-0.15, -0.1) is 0 Å². The Morgan fingerprint density at radius 3 is 2.17 bits per heavy atom. The highest BCUT2D eigenvalue weighted by atomic mass is 19.4. The monoisotopic (exact) mass is 259 g/mol. The molecule has 3 nitrogen and oxygen atoms in total. The molecule has 1 aliphatic rings. The molecule has 1 unspecified atom stereocenters. The van der Waals surface area contributed by atoms with Gasteiger partial charge in [-0.3, -0.25) is 0 Å². The van der Waals surface area contributed by atoms with Crippen LogP contribution in [0.3, 0.4) is 0 Å². The summed E-state index contributed by atoms with van der Waals surface area (Å²) >= 11 is 0. The van der Waals surface area contributed by atoms with Gasteiger partial charge in [0.2, 0.25) is 0 Å². The van der Waals surface area contributed by atoms with Crippen molar-refractivity contribution in [2.45, 2.75) is 31.7 Å². The molecular formula is C12H12F3NO2. The minimum atomic E-state index is -4.36. The zero-order chi connectivity index (χ0) is 13.6. The van der Waals surface area contributed by atoms with Crippen LogP contribution in [0.15, 0.2) is 24.3 Å². The number of rotatable bonds is 1. The van der Waals surface area contributed by atoms with E-state index in [1.54, 1.807) is 13.8 Å². The molecule has 1 aliphatic heterocycles. The van der Waals surface area contributed by atoms with E-state index in [1.165, 1.54) is 12.1 Å². The molecule has 1 fully saturated rings. The lowest BCUT2D eigenvalue weighted by molar-refractivity contribution is -0.137. The van der Waals surface area contributed by atoms with Gasteiger partial charge in [-0.25, -0.2) is 4.79 Å². The molecule has 0 spiro atoms. The third kappa shape index (κ3) is 2.27. The SMILES string of the molecule is CC1(C)OC(=O)NC1c1ccc(C(F)(F)F)cc1. The number of carbonyl (C=O) groups is 1. The van der Waals surface area contributed by atoms with Crippen LogP contribution >= 0.6 is 0 Å². The van der Waals surface area contributed by atoms with E-state index < -0.39 is 29.5 Å². The average molecular weight is 259 g/mol. The number of ether oxygens (including phenoxy) is 1. The maximum absolute atomic E-state index is 12.4. The van der Waals surface area contributed by atoms with E-state index in [0.29, 0.717) is 5.56 Å². The third-order valence-electron chi connectivity index (χ3n) is 2.88. The molecule has 0 saturated carbocycles. The molecule has 0 aromatic heterocycles. The van der Waals surface area contributed by atoms with Gasteiger partial charge in [-0.1, -0.05) is 12.1 Å². The van der Waals surface area contributed by atoms with E-state index in [-0.39, 0.29) is 0 Å². The summed E-state index contributed by atoms with van der Waals surface area (Å²) in [5.74, 6) is 0. The van der Waals surface area contributed by atoms with E-state index in [0.717, 1.165) is 12.1 Å². The third-order valence-corrected chi connectivity index (χ3v) is 2.88. The van der Waals surface area contributed by atoms with E-state index >= 15 is 0 Å². The summed E-state index contributed by atoms with van der Waals surface area (Å²) < 4.78 is 42.3. The van der Waals surface area contributed by atoms with E-state index in [4.69, 9.17) is 4.74 Å². The van der Waals surface area contributed by atoms with Crippen molar-refractivity contribution in [3.8, 4) is 0 Å². The zero-order valence-corrected chi connectivity index (χ0v) is 9.84. The maximum Gasteiger partial charge on any atom is 0.416 e. The molecule has 18 heavy (non-hydrogen) atoms. The molecule has 1 N–H and O–H groups in total. The van der Waals surface area contributed by atoms with Crippen molar-refractivity contribution in [3.63, 3.8) is 0 Å². The molecule has 6 heteroatoms. The summed E-state index contributed by atoms with van der Waals surface area (Å²) in [6.45, 7) is 3.40. The van der Waals surface area contributed by atoms with Crippen LogP contribution in [0.5, 0.6) is 0 Å². The number of halogens is 3. The van der Waals surface area contributed by atoms with Gasteiger partial charge in [0, 0.05) is 0 Å². The molecule has 0 radical (unpaired) electrons. The van der Waals surface area contributed by atoms with Gasteiger partial charge >= 0.3 is 12.3 Å². The van der Waals surface area contributed by atoms with Crippen molar-refractivity contribution in [2.75, 3.05) is 0 Å². The maximum atomic E-state index is 12.4. The number of cyclic esters (lactones) is 1. The fourth-order valence-corrected chi connectivity index (χ4v) is 1.97. The first-order chi connectivity index (χ1) is 8.20. The topological polar surface area (TPSA) is 38.3 Å². The predicted molar refractivity (Wildman–Crippen MR) is 57.9 cm³/mol. The molecule has 1 amide bonds. The molecule has 2 rings (SSSR count). The lowest BCUT2D eigenvalue weighted by Gasteiger charge is -2.24. The Morgan fingerprint density at radius 1 is 1.22 bits per heavy atom. The second-order valence-corrected chi connectivity index (χ2v) is 4.69. The van der Waals surface area contributed by atoms with Crippen molar-refractivity contribution >= 4 is 6.09 Å². The molecule has 0 bridgehead atoms. The summed E-state index contributed by atoms with van der Waals surface area (Å²) in [4.78, 5) is 11.2. The number of nitrogens with one attached hydrogen (secondary N) is 1. The van der Waals surface area contributed by atoms with Crippen LogP contribution in [-0.2, 0) is 10.9 Å². The fourth-order valence-electron chi connectivity index (χ4n) is 1.97. The summed E-state index contributed by atoms with van der Waals surface area (Å²) in [5.41, 5.74) is -0.912. The van der Waals surface area contributed by atoms with Crippen LogP contribution in [0.1, 0.15) is 31.0 Å². The van der Waals surface area contributed by atoms with Crippen molar-refractivity contribution in [2.24, 2.45) is 0 Å². The van der Waals surface area contributed by atoms with Crippen molar-refractivity contribution in [1.82, 2.24) is 5.32 Å². The molecule has 1 heterocycles. The van der Waals surface area contributed by atoms with Gasteiger partial charge in [0.1, 0.15) is 5.60 Å². The lowest BCUT2D eigenvalue weighted by Crippen LogP contribution is -2.30. The molecule has 1 aromatic rings. The Balaban J connectivity index is 2.28. The van der Waals surface area contributed by atoms with E-state index in [1.807, 2.05) is 0 Å². The van der Waals surface area contributed by atoms with Crippen LogP contribution < -0.4 is 5.32 Å². The highest BCUT2D eigenvalue weighted by Crippen LogP contribution is 2.35. The first kappa shape index (κ1) is 12.7. The standard InChI is InChI=1S/C12H12F3NO2/c1-11(2)9(16-10(17)18-11)7-3-5-8(6-4-7)12(13,14)15/h3-6,9H,1-2H3,(H,16,17). The average Bonchev–Trinajstić information content (AvgIpc) is 2.51. The van der Waals surface area contributed by atoms with Gasteiger partial charge < -0.3 is 10.1 Å². The molecule has 1 atom stereocenters. The van der Waals surface area contributed by atoms with Gasteiger partial charge in [0.25, 0.3) is 0 Å². The van der Waals surface area contributed by atoms with E-state index in [2.05, 4.69) is 5.32 Å². The molecular weight excluding hydrogens is 247 g/mol. The molecule has 98 valence electrons. The molecule has 1 aromatic carbocycles. The highest BCUT2D eigenvalue weighted by molar-refractivity contribution is 5.71. The van der Waals surface area contributed by atoms with Crippen molar-refractivity contribution < 1.29 is 22.7 Å². The summed E-state index contributed by atoms with van der Waals surface area (Å²) in [7, 11) is 0. The fraction of sp³-hybridized carbons (Fsp3) is 0.417. The highest BCUT2D eigenvalue weighted by Gasteiger charge is 2.42. The number of alkyl halides is 3. The number of hydrogen-bond donors (Lipinski definition) is 1. The number of hydrogen-bond acceptors (Lipinski definition) is 2. The lowest BCUT2D eigenvalue weighted by atomic mass is 9.92. The number of benzene rings is 1. The largest absolute Gasteiger partial charge is 0.441 e. The summed E-state index contributed by atoms with van der Waals surface area (Å²) in [6, 6.07) is 4.24.